The first-order valence-corrected chi connectivity index (χ1v) is 12.3. The van der Waals surface area contributed by atoms with E-state index in [-0.39, 0.29) is 24.2 Å². The number of rotatable bonds is 8. The van der Waals surface area contributed by atoms with Crippen molar-refractivity contribution in [1.82, 2.24) is 9.29 Å². The number of aromatic nitrogens is 1. The highest BCUT2D eigenvalue weighted by Gasteiger charge is 2.28. The highest BCUT2D eigenvalue weighted by atomic mass is 32.2. The number of aryl methyl sites for hydroxylation is 1. The Bertz CT molecular complexity index is 1480. The smallest absolute Gasteiger partial charge is 0.252 e. The monoisotopic (exact) mass is 480 g/mol. The molecule has 0 aliphatic carbocycles. The van der Waals surface area contributed by atoms with E-state index in [1.54, 1.807) is 37.4 Å². The number of sulfonamides is 1. The molecule has 0 saturated carbocycles. The molecule has 0 radical (unpaired) electrons. The van der Waals surface area contributed by atoms with E-state index in [9.17, 15) is 17.6 Å². The molecule has 0 atom stereocenters. The summed E-state index contributed by atoms with van der Waals surface area (Å²) in [6.45, 7) is 1.77. The molecule has 1 heterocycles. The summed E-state index contributed by atoms with van der Waals surface area (Å²) in [4.78, 5) is 15.2. The zero-order valence-electron chi connectivity index (χ0n) is 18.9. The van der Waals surface area contributed by atoms with Crippen LogP contribution in [0.15, 0.2) is 82.5 Å². The number of ether oxygens (including phenoxy) is 1. The molecular formula is C26H25FN2O4S. The van der Waals surface area contributed by atoms with Gasteiger partial charge in [0, 0.05) is 24.2 Å². The van der Waals surface area contributed by atoms with Crippen LogP contribution < -0.4 is 10.3 Å². The number of H-pyrrole nitrogens is 1. The number of hydrogen-bond donors (Lipinski definition) is 1. The van der Waals surface area contributed by atoms with Gasteiger partial charge in [-0.2, -0.15) is 4.31 Å². The Labute approximate surface area is 197 Å². The number of methoxy groups -OCH3 is 1. The predicted molar refractivity (Wildman–Crippen MR) is 130 cm³/mol. The molecule has 0 aliphatic heterocycles. The molecule has 0 aliphatic rings. The van der Waals surface area contributed by atoms with Crippen LogP contribution in [0.5, 0.6) is 5.75 Å². The molecule has 0 unspecified atom stereocenters. The second kappa shape index (κ2) is 9.79. The normalized spacial score (nSPS) is 11.8. The van der Waals surface area contributed by atoms with Crippen molar-refractivity contribution in [2.24, 2.45) is 0 Å². The number of nitrogens with one attached hydrogen (secondary N) is 1. The Balaban J connectivity index is 1.78. The first-order valence-electron chi connectivity index (χ1n) is 10.8. The summed E-state index contributed by atoms with van der Waals surface area (Å²) >= 11 is 0. The number of nitrogens with zero attached hydrogens (tertiary/aromatic N) is 1. The molecule has 0 spiro atoms. The van der Waals surface area contributed by atoms with Gasteiger partial charge < -0.3 is 9.72 Å². The van der Waals surface area contributed by atoms with E-state index < -0.39 is 20.7 Å². The third kappa shape index (κ3) is 4.88. The van der Waals surface area contributed by atoms with E-state index in [1.165, 1.54) is 18.2 Å². The van der Waals surface area contributed by atoms with Gasteiger partial charge in [0.1, 0.15) is 16.5 Å². The zero-order valence-corrected chi connectivity index (χ0v) is 19.7. The highest BCUT2D eigenvalue weighted by molar-refractivity contribution is 7.89. The molecule has 0 fully saturated rings. The second-order valence-electron chi connectivity index (χ2n) is 7.95. The lowest BCUT2D eigenvalue weighted by Gasteiger charge is -2.23. The van der Waals surface area contributed by atoms with Gasteiger partial charge in [0.05, 0.1) is 7.11 Å². The van der Waals surface area contributed by atoms with Crippen LogP contribution in [0, 0.1) is 5.82 Å². The fourth-order valence-electron chi connectivity index (χ4n) is 3.78. The Kier molecular flexibility index (Phi) is 6.81. The molecule has 4 rings (SSSR count). The van der Waals surface area contributed by atoms with Crippen molar-refractivity contribution >= 4 is 20.9 Å². The van der Waals surface area contributed by atoms with E-state index in [1.807, 2.05) is 25.1 Å². The van der Waals surface area contributed by atoms with Gasteiger partial charge in [0.2, 0.25) is 10.0 Å². The largest absolute Gasteiger partial charge is 0.497 e. The molecule has 6 nitrogen and oxygen atoms in total. The van der Waals surface area contributed by atoms with Crippen LogP contribution in [0.3, 0.4) is 0 Å². The minimum Gasteiger partial charge on any atom is -0.497 e. The summed E-state index contributed by atoms with van der Waals surface area (Å²) in [5, 5.41) is 0.807. The number of aromatic amines is 1. The maximum Gasteiger partial charge on any atom is 0.252 e. The van der Waals surface area contributed by atoms with Crippen molar-refractivity contribution in [2.75, 3.05) is 7.11 Å². The van der Waals surface area contributed by atoms with Crippen LogP contribution in [0.1, 0.15) is 23.6 Å². The third-order valence-corrected chi connectivity index (χ3v) is 7.54. The number of hydrogen-bond acceptors (Lipinski definition) is 4. The van der Waals surface area contributed by atoms with Crippen LogP contribution in [0.25, 0.3) is 10.9 Å². The molecule has 1 N–H and O–H groups in total. The Morgan fingerprint density at radius 1 is 0.941 bits per heavy atom. The van der Waals surface area contributed by atoms with Gasteiger partial charge in [0.25, 0.3) is 5.56 Å². The summed E-state index contributed by atoms with van der Waals surface area (Å²) in [7, 11) is -2.71. The van der Waals surface area contributed by atoms with Crippen LogP contribution in [-0.2, 0) is 29.5 Å². The molecule has 1 aromatic heterocycles. The molecule has 0 amide bonds. The van der Waals surface area contributed by atoms with Crippen LogP contribution >= 0.6 is 0 Å². The summed E-state index contributed by atoms with van der Waals surface area (Å²) in [5.41, 5.74) is 2.32. The van der Waals surface area contributed by atoms with E-state index in [4.69, 9.17) is 4.74 Å². The summed E-state index contributed by atoms with van der Waals surface area (Å²) in [5.74, 6) is -0.216. The number of pyridine rings is 1. The fourth-order valence-corrected chi connectivity index (χ4v) is 5.25. The van der Waals surface area contributed by atoms with Crippen LogP contribution in [0.2, 0.25) is 0 Å². The van der Waals surface area contributed by atoms with Crippen molar-refractivity contribution in [1.29, 1.82) is 0 Å². The summed E-state index contributed by atoms with van der Waals surface area (Å²) in [6, 6.07) is 19.6. The quantitative estimate of drug-likeness (QED) is 0.399. The van der Waals surface area contributed by atoms with Crippen molar-refractivity contribution in [3.05, 3.63) is 106 Å². The lowest BCUT2D eigenvalue weighted by atomic mass is 10.1. The molecule has 176 valence electrons. The predicted octanol–water partition coefficient (Wildman–Crippen LogP) is 4.63. The Morgan fingerprint density at radius 3 is 2.32 bits per heavy atom. The van der Waals surface area contributed by atoms with Crippen molar-refractivity contribution in [2.45, 2.75) is 31.3 Å². The summed E-state index contributed by atoms with van der Waals surface area (Å²) in [6.07, 6.45) is 0.829. The van der Waals surface area contributed by atoms with Crippen LogP contribution in [0.4, 0.5) is 4.39 Å². The molecule has 4 aromatic rings. The van der Waals surface area contributed by atoms with Gasteiger partial charge in [-0.05, 0) is 65.4 Å². The zero-order chi connectivity index (χ0) is 24.3. The molecule has 34 heavy (non-hydrogen) atoms. The van der Waals surface area contributed by atoms with E-state index >= 15 is 0 Å². The fraction of sp³-hybridized carbons (Fsp3) is 0.192. The van der Waals surface area contributed by atoms with Gasteiger partial charge in [0.15, 0.2) is 0 Å². The first-order chi connectivity index (χ1) is 16.3. The number of benzene rings is 3. The maximum atomic E-state index is 14.5. The number of fused-ring (bicyclic) bond motifs is 1. The van der Waals surface area contributed by atoms with Gasteiger partial charge >= 0.3 is 0 Å². The average Bonchev–Trinajstić information content (AvgIpc) is 2.84. The molecular weight excluding hydrogens is 455 g/mol. The van der Waals surface area contributed by atoms with E-state index in [2.05, 4.69) is 4.98 Å². The van der Waals surface area contributed by atoms with Crippen LogP contribution in [-0.4, -0.2) is 24.8 Å². The minimum atomic E-state index is -4.25. The van der Waals surface area contributed by atoms with Gasteiger partial charge in [-0.25, -0.2) is 12.8 Å². The van der Waals surface area contributed by atoms with Gasteiger partial charge in [-0.1, -0.05) is 37.3 Å². The van der Waals surface area contributed by atoms with E-state index in [0.717, 1.165) is 27.7 Å². The topological polar surface area (TPSA) is 79.5 Å². The molecule has 3 aromatic carbocycles. The van der Waals surface area contributed by atoms with Crippen molar-refractivity contribution < 1.29 is 17.5 Å². The minimum absolute atomic E-state index is 0.0485. The van der Waals surface area contributed by atoms with Crippen molar-refractivity contribution in [3.63, 3.8) is 0 Å². The van der Waals surface area contributed by atoms with E-state index in [0.29, 0.717) is 16.8 Å². The second-order valence-corrected chi connectivity index (χ2v) is 9.86. The maximum absolute atomic E-state index is 14.5. The first kappa shape index (κ1) is 23.7. The number of halogens is 1. The van der Waals surface area contributed by atoms with Gasteiger partial charge in [-0.15, -0.1) is 0 Å². The molecule has 0 saturated heterocycles. The third-order valence-electron chi connectivity index (χ3n) is 5.71. The highest BCUT2D eigenvalue weighted by Crippen LogP contribution is 2.24. The Hall–Kier alpha value is -3.49. The molecule has 8 heteroatoms. The van der Waals surface area contributed by atoms with Crippen molar-refractivity contribution in [3.8, 4) is 5.75 Å². The average molecular weight is 481 g/mol. The van der Waals surface area contributed by atoms with Gasteiger partial charge in [-0.3, -0.25) is 4.79 Å². The summed E-state index contributed by atoms with van der Waals surface area (Å²) < 4.78 is 47.8. The SMILES string of the molecule is CCc1ccc2[nH]c(=O)c(CN(Cc3ccc(OC)cc3)S(=O)(=O)c3ccccc3F)cc2c1. The lowest BCUT2D eigenvalue weighted by Crippen LogP contribution is -2.33. The lowest BCUT2D eigenvalue weighted by molar-refractivity contribution is 0.395. The Morgan fingerprint density at radius 2 is 1.65 bits per heavy atom. The standard InChI is InChI=1S/C26H25FN2O4S/c1-3-18-10-13-24-20(14-18)15-21(26(30)28-24)17-29(16-19-8-11-22(33-2)12-9-19)34(31,32)25-7-5-4-6-23(25)27/h4-15H,3,16-17H2,1-2H3,(H,28,30). The molecule has 0 bridgehead atoms.